The standard InChI is InChI=1S/C26H39N3O7/c1-25(2,3)36-24(31)21-18(26(4,5)35-7)20(29(32)33)19(17-14-11-15-27-22(17)34-6)28(21)23(30)16-12-9-8-10-13-16/h11,14-16,18-21H,8-10,12-13H2,1-7H3/t18-,19+,20+,21+/m1/s1. The third kappa shape index (κ3) is 5.48. The molecule has 0 spiro atoms. The molecular weight excluding hydrogens is 466 g/mol. The molecular formula is C26H39N3O7. The normalized spacial score (nSPS) is 25.5. The van der Waals surface area contributed by atoms with E-state index in [4.69, 9.17) is 14.2 Å². The zero-order valence-corrected chi connectivity index (χ0v) is 22.4. The summed E-state index contributed by atoms with van der Waals surface area (Å²) in [7, 11) is 2.88. The Balaban J connectivity index is 2.29. The summed E-state index contributed by atoms with van der Waals surface area (Å²) in [5.74, 6) is -2.10. The van der Waals surface area contributed by atoms with Gasteiger partial charge in [0.15, 0.2) is 0 Å². The van der Waals surface area contributed by atoms with Gasteiger partial charge in [0.2, 0.25) is 17.8 Å². The number of rotatable bonds is 7. The van der Waals surface area contributed by atoms with Crippen LogP contribution in [0.25, 0.3) is 0 Å². The van der Waals surface area contributed by atoms with Crippen LogP contribution in [0.5, 0.6) is 5.88 Å². The number of esters is 1. The molecule has 200 valence electrons. The Morgan fingerprint density at radius 3 is 2.28 bits per heavy atom. The molecule has 1 aromatic heterocycles. The molecule has 10 heteroatoms. The lowest BCUT2D eigenvalue weighted by Crippen LogP contribution is -2.54. The summed E-state index contributed by atoms with van der Waals surface area (Å²) >= 11 is 0. The maximum atomic E-state index is 14.2. The highest BCUT2D eigenvalue weighted by Gasteiger charge is 2.66. The molecule has 1 saturated heterocycles. The van der Waals surface area contributed by atoms with Crippen LogP contribution in [0.1, 0.15) is 78.3 Å². The lowest BCUT2D eigenvalue weighted by atomic mass is 9.79. The SMILES string of the molecule is COc1ncccc1[C@H]1[C@@H]([N+](=O)[O-])[C@@H](C(C)(C)OC)[C@@H](C(=O)OC(C)(C)C)N1C(=O)C1CCCCC1. The molecule has 0 bridgehead atoms. The van der Waals surface area contributed by atoms with Crippen molar-refractivity contribution >= 4 is 11.9 Å². The molecule has 1 aromatic rings. The van der Waals surface area contributed by atoms with E-state index in [0.717, 1.165) is 19.3 Å². The average molecular weight is 506 g/mol. The number of nitro groups is 1. The Kier molecular flexibility index (Phi) is 8.27. The first kappa shape index (κ1) is 27.8. The van der Waals surface area contributed by atoms with E-state index in [9.17, 15) is 19.7 Å². The molecule has 0 radical (unpaired) electrons. The van der Waals surface area contributed by atoms with Crippen LogP contribution < -0.4 is 4.74 Å². The fourth-order valence-electron chi connectivity index (χ4n) is 5.66. The van der Waals surface area contributed by atoms with Gasteiger partial charge < -0.3 is 19.1 Å². The lowest BCUT2D eigenvalue weighted by Gasteiger charge is -2.37. The maximum Gasteiger partial charge on any atom is 0.330 e. The second-order valence-electron chi connectivity index (χ2n) is 11.2. The molecule has 1 aliphatic carbocycles. The number of hydrogen-bond acceptors (Lipinski definition) is 8. The molecule has 1 aliphatic heterocycles. The highest BCUT2D eigenvalue weighted by molar-refractivity contribution is 5.88. The Labute approximate surface area is 212 Å². The molecule has 1 amide bonds. The number of pyridine rings is 1. The molecule has 0 aromatic carbocycles. The molecule has 2 fully saturated rings. The van der Waals surface area contributed by atoms with Crippen LogP contribution in [-0.4, -0.2) is 64.2 Å². The van der Waals surface area contributed by atoms with Crippen molar-refractivity contribution in [1.82, 2.24) is 9.88 Å². The van der Waals surface area contributed by atoms with E-state index in [-0.39, 0.29) is 17.7 Å². The van der Waals surface area contributed by atoms with E-state index in [0.29, 0.717) is 18.4 Å². The molecule has 2 aliphatic rings. The van der Waals surface area contributed by atoms with E-state index < -0.39 is 46.1 Å². The number of carbonyl (C=O) groups excluding carboxylic acids is 2. The molecule has 0 unspecified atom stereocenters. The molecule has 3 rings (SSSR count). The summed E-state index contributed by atoms with van der Waals surface area (Å²) in [4.78, 5) is 46.0. The summed E-state index contributed by atoms with van der Waals surface area (Å²) in [6.45, 7) is 8.61. The van der Waals surface area contributed by atoms with Crippen LogP contribution in [-0.2, 0) is 19.1 Å². The Morgan fingerprint density at radius 1 is 1.11 bits per heavy atom. The second-order valence-corrected chi connectivity index (χ2v) is 11.2. The van der Waals surface area contributed by atoms with Crippen molar-refractivity contribution in [3.63, 3.8) is 0 Å². The van der Waals surface area contributed by atoms with Crippen LogP contribution >= 0.6 is 0 Å². The van der Waals surface area contributed by atoms with Crippen molar-refractivity contribution in [2.24, 2.45) is 11.8 Å². The molecule has 36 heavy (non-hydrogen) atoms. The van der Waals surface area contributed by atoms with Crippen molar-refractivity contribution in [3.05, 3.63) is 34.0 Å². The molecule has 2 heterocycles. The van der Waals surface area contributed by atoms with Gasteiger partial charge in [-0.05, 0) is 59.6 Å². The largest absolute Gasteiger partial charge is 0.481 e. The van der Waals surface area contributed by atoms with Gasteiger partial charge in [-0.2, -0.15) is 0 Å². The fourth-order valence-corrected chi connectivity index (χ4v) is 5.66. The van der Waals surface area contributed by atoms with E-state index >= 15 is 0 Å². The van der Waals surface area contributed by atoms with E-state index in [1.165, 1.54) is 25.3 Å². The first-order valence-electron chi connectivity index (χ1n) is 12.6. The van der Waals surface area contributed by atoms with Gasteiger partial charge in [-0.15, -0.1) is 0 Å². The number of aromatic nitrogens is 1. The predicted octanol–water partition coefficient (Wildman–Crippen LogP) is 3.95. The smallest absolute Gasteiger partial charge is 0.330 e. The van der Waals surface area contributed by atoms with Crippen molar-refractivity contribution in [2.45, 2.75) is 96.1 Å². The first-order chi connectivity index (χ1) is 16.8. The highest BCUT2D eigenvalue weighted by Crippen LogP contribution is 2.50. The van der Waals surface area contributed by atoms with Crippen molar-refractivity contribution in [3.8, 4) is 5.88 Å². The summed E-state index contributed by atoms with van der Waals surface area (Å²) in [5, 5.41) is 12.8. The number of carbonyl (C=O) groups is 2. The average Bonchev–Trinajstić information content (AvgIpc) is 3.20. The number of hydrogen-bond donors (Lipinski definition) is 0. The van der Waals surface area contributed by atoms with E-state index in [1.54, 1.807) is 46.8 Å². The molecule has 0 N–H and O–H groups in total. The van der Waals surface area contributed by atoms with Gasteiger partial charge in [0.05, 0.1) is 18.6 Å². The zero-order valence-electron chi connectivity index (χ0n) is 22.4. The van der Waals surface area contributed by atoms with Crippen molar-refractivity contribution in [1.29, 1.82) is 0 Å². The minimum Gasteiger partial charge on any atom is -0.481 e. The monoisotopic (exact) mass is 505 g/mol. The number of ether oxygens (including phenoxy) is 3. The summed E-state index contributed by atoms with van der Waals surface area (Å²) in [6, 6.07) is -0.352. The van der Waals surface area contributed by atoms with Crippen LogP contribution in [0, 0.1) is 22.0 Å². The first-order valence-corrected chi connectivity index (χ1v) is 12.6. The van der Waals surface area contributed by atoms with Gasteiger partial charge in [-0.25, -0.2) is 9.78 Å². The molecule has 4 atom stereocenters. The van der Waals surface area contributed by atoms with Gasteiger partial charge in [0.1, 0.15) is 17.7 Å². The number of methoxy groups -OCH3 is 2. The van der Waals surface area contributed by atoms with Crippen LogP contribution in [0.15, 0.2) is 18.3 Å². The van der Waals surface area contributed by atoms with Gasteiger partial charge in [0.25, 0.3) is 0 Å². The number of nitrogens with zero attached hydrogens (tertiary/aromatic N) is 3. The zero-order chi connectivity index (χ0) is 26.8. The summed E-state index contributed by atoms with van der Waals surface area (Å²) in [5.41, 5.74) is -1.60. The molecule has 10 nitrogen and oxygen atoms in total. The number of likely N-dealkylation sites (tertiary alicyclic amines) is 1. The number of amides is 1. The summed E-state index contributed by atoms with van der Waals surface area (Å²) < 4.78 is 17.0. The Morgan fingerprint density at radius 2 is 1.75 bits per heavy atom. The van der Waals surface area contributed by atoms with E-state index in [1.807, 2.05) is 0 Å². The van der Waals surface area contributed by atoms with Crippen molar-refractivity contribution < 1.29 is 28.7 Å². The quantitative estimate of drug-likeness (QED) is 0.310. The van der Waals surface area contributed by atoms with Crippen LogP contribution in [0.4, 0.5) is 0 Å². The predicted molar refractivity (Wildman–Crippen MR) is 132 cm³/mol. The maximum absolute atomic E-state index is 14.2. The van der Waals surface area contributed by atoms with E-state index in [2.05, 4.69) is 4.98 Å². The third-order valence-electron chi connectivity index (χ3n) is 7.37. The topological polar surface area (TPSA) is 121 Å². The van der Waals surface area contributed by atoms with Gasteiger partial charge in [0, 0.05) is 29.7 Å². The Bertz CT molecular complexity index is 969. The summed E-state index contributed by atoms with van der Waals surface area (Å²) in [6.07, 6.45) is 5.70. The minimum atomic E-state index is -1.36. The third-order valence-corrected chi connectivity index (χ3v) is 7.37. The Hall–Kier alpha value is -2.75. The molecule has 1 saturated carbocycles. The highest BCUT2D eigenvalue weighted by atomic mass is 16.6. The van der Waals surface area contributed by atoms with Gasteiger partial charge in [-0.1, -0.05) is 19.3 Å². The van der Waals surface area contributed by atoms with Crippen molar-refractivity contribution in [2.75, 3.05) is 14.2 Å². The van der Waals surface area contributed by atoms with Crippen LogP contribution in [0.2, 0.25) is 0 Å². The van der Waals surface area contributed by atoms with Gasteiger partial charge >= 0.3 is 5.97 Å². The fraction of sp³-hybridized carbons (Fsp3) is 0.731. The van der Waals surface area contributed by atoms with Crippen LogP contribution in [0.3, 0.4) is 0 Å². The van der Waals surface area contributed by atoms with Gasteiger partial charge in [-0.3, -0.25) is 14.9 Å². The minimum absolute atomic E-state index is 0.176. The lowest BCUT2D eigenvalue weighted by molar-refractivity contribution is -0.537. The second kappa shape index (κ2) is 10.7.